The van der Waals surface area contributed by atoms with Gasteiger partial charge in [0, 0.05) is 37.4 Å². The standard InChI is InChI=1S/C16H22N2O2/c1-12(19)15-6-5-13(10-16(15)20)18-9-3-8-17-7-2-4-14(17)11-18/h5-6,10,14,20H,2-4,7-9,11H2,1H3. The van der Waals surface area contributed by atoms with Crippen molar-refractivity contribution in [1.82, 2.24) is 4.90 Å². The number of carbonyl (C=O) groups is 1. The molecule has 1 unspecified atom stereocenters. The fraction of sp³-hybridized carbons (Fsp3) is 0.562. The number of phenolic OH excluding ortho intramolecular Hbond substituents is 1. The van der Waals surface area contributed by atoms with E-state index in [0.717, 1.165) is 25.2 Å². The molecule has 1 atom stereocenters. The van der Waals surface area contributed by atoms with Crippen LogP contribution in [0, 0.1) is 0 Å². The van der Waals surface area contributed by atoms with E-state index in [1.165, 1.54) is 32.9 Å². The second-order valence-electron chi connectivity index (χ2n) is 5.89. The van der Waals surface area contributed by atoms with Crippen LogP contribution in [0.15, 0.2) is 18.2 Å². The quantitative estimate of drug-likeness (QED) is 0.840. The molecule has 4 nitrogen and oxygen atoms in total. The van der Waals surface area contributed by atoms with Gasteiger partial charge >= 0.3 is 0 Å². The molecule has 4 heteroatoms. The van der Waals surface area contributed by atoms with Crippen LogP contribution in [0.25, 0.3) is 0 Å². The first-order valence-corrected chi connectivity index (χ1v) is 7.48. The molecule has 1 aromatic carbocycles. The minimum atomic E-state index is -0.0908. The summed E-state index contributed by atoms with van der Waals surface area (Å²) in [6.45, 7) is 5.94. The van der Waals surface area contributed by atoms with E-state index in [2.05, 4.69) is 9.80 Å². The Morgan fingerprint density at radius 2 is 2.05 bits per heavy atom. The van der Waals surface area contributed by atoms with Crippen molar-refractivity contribution in [3.05, 3.63) is 23.8 Å². The number of anilines is 1. The number of aromatic hydroxyl groups is 1. The molecule has 2 heterocycles. The zero-order valence-corrected chi connectivity index (χ0v) is 12.0. The molecule has 108 valence electrons. The Labute approximate surface area is 120 Å². The molecular weight excluding hydrogens is 252 g/mol. The van der Waals surface area contributed by atoms with Crippen LogP contribution in [0.2, 0.25) is 0 Å². The Hall–Kier alpha value is -1.55. The molecule has 0 saturated carbocycles. The summed E-state index contributed by atoms with van der Waals surface area (Å²) in [6, 6.07) is 6.08. The lowest BCUT2D eigenvalue weighted by molar-refractivity contribution is 0.101. The van der Waals surface area contributed by atoms with Crippen LogP contribution in [0.1, 0.15) is 36.5 Å². The van der Waals surface area contributed by atoms with Gasteiger partial charge < -0.3 is 10.0 Å². The molecule has 0 aromatic heterocycles. The van der Waals surface area contributed by atoms with Crippen molar-refractivity contribution in [3.8, 4) is 5.75 Å². The topological polar surface area (TPSA) is 43.8 Å². The molecule has 20 heavy (non-hydrogen) atoms. The van der Waals surface area contributed by atoms with E-state index in [4.69, 9.17) is 0 Å². The van der Waals surface area contributed by atoms with E-state index in [1.54, 1.807) is 12.1 Å². The average Bonchev–Trinajstić information content (AvgIpc) is 2.75. The first-order chi connectivity index (χ1) is 9.65. The summed E-state index contributed by atoms with van der Waals surface area (Å²) < 4.78 is 0. The summed E-state index contributed by atoms with van der Waals surface area (Å²) in [5, 5.41) is 9.99. The Morgan fingerprint density at radius 3 is 2.80 bits per heavy atom. The summed E-state index contributed by atoms with van der Waals surface area (Å²) in [6.07, 6.45) is 3.73. The average molecular weight is 274 g/mol. The van der Waals surface area contributed by atoms with Crippen LogP contribution < -0.4 is 4.90 Å². The first-order valence-electron chi connectivity index (χ1n) is 7.48. The molecule has 0 amide bonds. The minimum absolute atomic E-state index is 0.0908. The molecule has 0 spiro atoms. The fourth-order valence-corrected chi connectivity index (χ4v) is 3.46. The zero-order valence-electron chi connectivity index (χ0n) is 12.0. The molecule has 1 N–H and O–H groups in total. The summed E-state index contributed by atoms with van der Waals surface area (Å²) in [4.78, 5) is 16.3. The van der Waals surface area contributed by atoms with Crippen molar-refractivity contribution in [2.75, 3.05) is 31.1 Å². The van der Waals surface area contributed by atoms with Crippen molar-refractivity contribution in [2.45, 2.75) is 32.2 Å². The van der Waals surface area contributed by atoms with Crippen molar-refractivity contribution in [2.24, 2.45) is 0 Å². The molecule has 0 aliphatic carbocycles. The van der Waals surface area contributed by atoms with Gasteiger partial charge in [0.15, 0.2) is 5.78 Å². The molecule has 2 fully saturated rings. The zero-order chi connectivity index (χ0) is 14.1. The van der Waals surface area contributed by atoms with Gasteiger partial charge in [-0.15, -0.1) is 0 Å². The van der Waals surface area contributed by atoms with Crippen LogP contribution in [-0.2, 0) is 0 Å². The molecule has 2 aliphatic heterocycles. The van der Waals surface area contributed by atoms with Crippen LogP contribution in [0.5, 0.6) is 5.75 Å². The molecule has 3 rings (SSSR count). The SMILES string of the molecule is CC(=O)c1ccc(N2CCCN3CCCC3C2)cc1O. The van der Waals surface area contributed by atoms with E-state index < -0.39 is 0 Å². The van der Waals surface area contributed by atoms with Crippen molar-refractivity contribution < 1.29 is 9.90 Å². The number of Topliss-reactive ketones (excluding diaryl/α,β-unsaturated/α-hetero) is 1. The number of phenols is 1. The van der Waals surface area contributed by atoms with Gasteiger partial charge in [-0.25, -0.2) is 0 Å². The van der Waals surface area contributed by atoms with Crippen LogP contribution in [0.3, 0.4) is 0 Å². The Balaban J connectivity index is 1.81. The maximum atomic E-state index is 11.4. The fourth-order valence-electron chi connectivity index (χ4n) is 3.46. The Kier molecular flexibility index (Phi) is 3.66. The number of carbonyl (C=O) groups excluding carboxylic acids is 1. The Bertz CT molecular complexity index is 515. The van der Waals surface area contributed by atoms with Crippen molar-refractivity contribution >= 4 is 11.5 Å². The first kappa shape index (κ1) is 13.4. The van der Waals surface area contributed by atoms with Crippen LogP contribution in [0.4, 0.5) is 5.69 Å². The highest BCUT2D eigenvalue weighted by molar-refractivity contribution is 5.97. The highest BCUT2D eigenvalue weighted by Crippen LogP contribution is 2.29. The van der Waals surface area contributed by atoms with E-state index in [0.29, 0.717) is 11.6 Å². The number of hydrogen-bond donors (Lipinski definition) is 1. The van der Waals surface area contributed by atoms with Crippen LogP contribution in [-0.4, -0.2) is 48.0 Å². The van der Waals surface area contributed by atoms with Gasteiger partial charge in [0.2, 0.25) is 0 Å². The van der Waals surface area contributed by atoms with Crippen molar-refractivity contribution in [3.63, 3.8) is 0 Å². The van der Waals surface area contributed by atoms with E-state index in [1.807, 2.05) is 6.07 Å². The highest BCUT2D eigenvalue weighted by atomic mass is 16.3. The predicted molar refractivity (Wildman–Crippen MR) is 79.5 cm³/mol. The van der Waals surface area contributed by atoms with Gasteiger partial charge in [0.05, 0.1) is 5.56 Å². The molecular formula is C16H22N2O2. The van der Waals surface area contributed by atoms with Gasteiger partial charge in [-0.3, -0.25) is 9.69 Å². The number of benzene rings is 1. The minimum Gasteiger partial charge on any atom is -0.507 e. The number of nitrogens with zero attached hydrogens (tertiary/aromatic N) is 2. The third-order valence-corrected chi connectivity index (χ3v) is 4.53. The number of fused-ring (bicyclic) bond motifs is 1. The highest BCUT2D eigenvalue weighted by Gasteiger charge is 2.28. The van der Waals surface area contributed by atoms with Gasteiger partial charge in [0.1, 0.15) is 5.75 Å². The number of rotatable bonds is 2. The summed E-state index contributed by atoms with van der Waals surface area (Å²) in [7, 11) is 0. The molecule has 2 aliphatic rings. The lowest BCUT2D eigenvalue weighted by Crippen LogP contribution is -2.36. The summed E-state index contributed by atoms with van der Waals surface area (Å²) >= 11 is 0. The summed E-state index contributed by atoms with van der Waals surface area (Å²) in [5.74, 6) is 0.00871. The van der Waals surface area contributed by atoms with E-state index in [-0.39, 0.29) is 11.5 Å². The number of hydrogen-bond acceptors (Lipinski definition) is 4. The monoisotopic (exact) mass is 274 g/mol. The van der Waals surface area contributed by atoms with Gasteiger partial charge in [-0.1, -0.05) is 0 Å². The van der Waals surface area contributed by atoms with E-state index >= 15 is 0 Å². The number of ketones is 1. The molecule has 0 radical (unpaired) electrons. The lowest BCUT2D eigenvalue weighted by Gasteiger charge is -2.27. The van der Waals surface area contributed by atoms with Gasteiger partial charge in [-0.2, -0.15) is 0 Å². The third kappa shape index (κ3) is 2.52. The van der Waals surface area contributed by atoms with Crippen LogP contribution >= 0.6 is 0 Å². The van der Waals surface area contributed by atoms with Crippen molar-refractivity contribution in [1.29, 1.82) is 0 Å². The normalized spacial score (nSPS) is 23.4. The van der Waals surface area contributed by atoms with Gasteiger partial charge in [0.25, 0.3) is 0 Å². The predicted octanol–water partition coefficient (Wildman–Crippen LogP) is 2.27. The molecule has 2 saturated heterocycles. The maximum Gasteiger partial charge on any atom is 0.163 e. The summed E-state index contributed by atoms with van der Waals surface area (Å²) in [5.41, 5.74) is 1.44. The van der Waals surface area contributed by atoms with E-state index in [9.17, 15) is 9.90 Å². The lowest BCUT2D eigenvalue weighted by atomic mass is 10.1. The third-order valence-electron chi connectivity index (χ3n) is 4.53. The largest absolute Gasteiger partial charge is 0.507 e. The van der Waals surface area contributed by atoms with Gasteiger partial charge in [-0.05, 0) is 44.9 Å². The second kappa shape index (κ2) is 5.44. The molecule has 1 aromatic rings. The molecule has 0 bridgehead atoms. The maximum absolute atomic E-state index is 11.4. The Morgan fingerprint density at radius 1 is 1.25 bits per heavy atom. The second-order valence-corrected chi connectivity index (χ2v) is 5.89. The smallest absolute Gasteiger partial charge is 0.163 e.